The monoisotopic (exact) mass is 291 g/mol. The molecular formula is C17H19ClFN. The summed E-state index contributed by atoms with van der Waals surface area (Å²) >= 11 is 5.78. The number of rotatable bonds is 4. The molecule has 0 heterocycles. The van der Waals surface area contributed by atoms with Gasteiger partial charge in [0.15, 0.2) is 0 Å². The zero-order chi connectivity index (χ0) is 14.7. The molecule has 1 nitrogen and oxygen atoms in total. The highest BCUT2D eigenvalue weighted by Crippen LogP contribution is 2.22. The topological polar surface area (TPSA) is 26.0 Å². The Bertz CT molecular complexity index is 578. The molecule has 0 fully saturated rings. The normalized spacial score (nSPS) is 12.7. The maximum absolute atomic E-state index is 13.1. The van der Waals surface area contributed by atoms with Crippen LogP contribution in [0.15, 0.2) is 42.5 Å². The molecule has 106 valence electrons. The minimum absolute atomic E-state index is 0.113. The van der Waals surface area contributed by atoms with Crippen LogP contribution in [-0.4, -0.2) is 0 Å². The zero-order valence-corrected chi connectivity index (χ0v) is 12.5. The lowest BCUT2D eigenvalue weighted by Gasteiger charge is -2.14. The molecule has 2 N–H and O–H groups in total. The van der Waals surface area contributed by atoms with Gasteiger partial charge in [0, 0.05) is 6.04 Å². The maximum atomic E-state index is 13.1. The van der Waals surface area contributed by atoms with Crippen LogP contribution in [0.25, 0.3) is 0 Å². The van der Waals surface area contributed by atoms with E-state index in [1.54, 1.807) is 12.1 Å². The molecule has 0 spiro atoms. The summed E-state index contributed by atoms with van der Waals surface area (Å²) in [6.07, 6.45) is 0.640. The van der Waals surface area contributed by atoms with Crippen LogP contribution >= 0.6 is 11.6 Å². The van der Waals surface area contributed by atoms with Gasteiger partial charge in [0.2, 0.25) is 0 Å². The van der Waals surface area contributed by atoms with E-state index in [2.05, 4.69) is 38.1 Å². The average molecular weight is 292 g/mol. The summed E-state index contributed by atoms with van der Waals surface area (Å²) in [7, 11) is 0. The Balaban J connectivity index is 2.10. The lowest BCUT2D eigenvalue weighted by Crippen LogP contribution is -2.13. The summed E-state index contributed by atoms with van der Waals surface area (Å²) in [5.74, 6) is 0.112. The van der Waals surface area contributed by atoms with Crippen molar-refractivity contribution in [3.8, 4) is 0 Å². The fraction of sp³-hybridized carbons (Fsp3) is 0.294. The van der Waals surface area contributed by atoms with Gasteiger partial charge in [-0.3, -0.25) is 0 Å². The highest BCUT2D eigenvalue weighted by molar-refractivity contribution is 6.30. The van der Waals surface area contributed by atoms with E-state index in [0.717, 1.165) is 11.1 Å². The molecule has 0 aromatic heterocycles. The predicted octanol–water partition coefficient (Wildman–Crippen LogP) is 4.85. The Morgan fingerprint density at radius 3 is 2.20 bits per heavy atom. The predicted molar refractivity (Wildman–Crippen MR) is 82.6 cm³/mol. The summed E-state index contributed by atoms with van der Waals surface area (Å²) in [5.41, 5.74) is 9.52. The first kappa shape index (κ1) is 15.0. The van der Waals surface area contributed by atoms with Crippen molar-refractivity contribution in [1.29, 1.82) is 0 Å². The number of hydrogen-bond donors (Lipinski definition) is 1. The zero-order valence-electron chi connectivity index (χ0n) is 11.7. The molecule has 0 saturated heterocycles. The van der Waals surface area contributed by atoms with E-state index in [0.29, 0.717) is 12.3 Å². The van der Waals surface area contributed by atoms with Crippen LogP contribution in [0.1, 0.15) is 42.5 Å². The van der Waals surface area contributed by atoms with E-state index in [9.17, 15) is 4.39 Å². The fourth-order valence-corrected chi connectivity index (χ4v) is 2.37. The molecular weight excluding hydrogens is 273 g/mol. The lowest BCUT2D eigenvalue weighted by molar-refractivity contribution is 0.626. The van der Waals surface area contributed by atoms with Crippen LogP contribution < -0.4 is 5.73 Å². The van der Waals surface area contributed by atoms with E-state index >= 15 is 0 Å². The summed E-state index contributed by atoms with van der Waals surface area (Å²) in [6.45, 7) is 4.32. The van der Waals surface area contributed by atoms with E-state index in [4.69, 9.17) is 17.3 Å². The van der Waals surface area contributed by atoms with Crippen molar-refractivity contribution >= 4 is 11.6 Å². The largest absolute Gasteiger partial charge is 0.324 e. The third kappa shape index (κ3) is 3.59. The van der Waals surface area contributed by atoms with Gasteiger partial charge in [-0.25, -0.2) is 4.39 Å². The van der Waals surface area contributed by atoms with Crippen LogP contribution in [-0.2, 0) is 6.42 Å². The van der Waals surface area contributed by atoms with Crippen molar-refractivity contribution in [3.63, 3.8) is 0 Å². The van der Waals surface area contributed by atoms with Gasteiger partial charge in [0.05, 0.1) is 5.02 Å². The lowest BCUT2D eigenvalue weighted by atomic mass is 9.96. The summed E-state index contributed by atoms with van der Waals surface area (Å²) in [5, 5.41) is 0.143. The summed E-state index contributed by atoms with van der Waals surface area (Å²) in [6, 6.07) is 13.0. The first-order chi connectivity index (χ1) is 9.47. The molecule has 0 aliphatic rings. The third-order valence-corrected chi connectivity index (χ3v) is 3.76. The van der Waals surface area contributed by atoms with Gasteiger partial charge >= 0.3 is 0 Å². The number of halogens is 2. The van der Waals surface area contributed by atoms with Crippen LogP contribution in [0.4, 0.5) is 4.39 Å². The Kier molecular flexibility index (Phi) is 4.79. The van der Waals surface area contributed by atoms with Gasteiger partial charge in [0.25, 0.3) is 0 Å². The molecule has 0 bridgehead atoms. The summed E-state index contributed by atoms with van der Waals surface area (Å²) < 4.78 is 13.1. The second-order valence-corrected chi connectivity index (χ2v) is 5.79. The quantitative estimate of drug-likeness (QED) is 0.856. The molecule has 2 aromatic carbocycles. The minimum Gasteiger partial charge on any atom is -0.324 e. The average Bonchev–Trinajstić information content (AvgIpc) is 2.43. The minimum atomic E-state index is -0.398. The molecule has 2 rings (SSSR count). The van der Waals surface area contributed by atoms with Gasteiger partial charge in [-0.2, -0.15) is 0 Å². The molecule has 0 radical (unpaired) electrons. The van der Waals surface area contributed by atoms with Crippen molar-refractivity contribution in [1.82, 2.24) is 0 Å². The Morgan fingerprint density at radius 1 is 1.05 bits per heavy atom. The van der Waals surface area contributed by atoms with E-state index in [-0.39, 0.29) is 11.1 Å². The van der Waals surface area contributed by atoms with Gasteiger partial charge in [-0.1, -0.05) is 55.8 Å². The highest BCUT2D eigenvalue weighted by atomic mass is 35.5. The second-order valence-electron chi connectivity index (χ2n) is 5.38. The first-order valence-corrected chi connectivity index (χ1v) is 7.14. The summed E-state index contributed by atoms with van der Waals surface area (Å²) in [4.78, 5) is 0. The Hall–Kier alpha value is -1.38. The molecule has 0 saturated carbocycles. The Morgan fingerprint density at radius 2 is 1.65 bits per heavy atom. The SMILES string of the molecule is CC(C)c1ccc(C(N)Cc2ccc(F)c(Cl)c2)cc1. The molecule has 0 aliphatic heterocycles. The van der Waals surface area contributed by atoms with E-state index in [1.807, 2.05) is 0 Å². The van der Waals surface area contributed by atoms with Gasteiger partial charge in [-0.15, -0.1) is 0 Å². The van der Waals surface area contributed by atoms with Crippen molar-refractivity contribution in [2.24, 2.45) is 5.73 Å². The maximum Gasteiger partial charge on any atom is 0.141 e. The second kappa shape index (κ2) is 6.38. The smallest absolute Gasteiger partial charge is 0.141 e. The number of nitrogens with two attached hydrogens (primary N) is 1. The van der Waals surface area contributed by atoms with Crippen LogP contribution in [0, 0.1) is 5.82 Å². The molecule has 20 heavy (non-hydrogen) atoms. The molecule has 1 unspecified atom stereocenters. The van der Waals surface area contributed by atoms with E-state index in [1.165, 1.54) is 11.6 Å². The van der Waals surface area contributed by atoms with Gasteiger partial charge in [0.1, 0.15) is 5.82 Å². The first-order valence-electron chi connectivity index (χ1n) is 6.76. The fourth-order valence-electron chi connectivity index (χ4n) is 2.17. The van der Waals surface area contributed by atoms with E-state index < -0.39 is 5.82 Å². The van der Waals surface area contributed by atoms with Gasteiger partial charge < -0.3 is 5.73 Å². The molecule has 3 heteroatoms. The third-order valence-electron chi connectivity index (χ3n) is 3.47. The highest BCUT2D eigenvalue weighted by Gasteiger charge is 2.09. The van der Waals surface area contributed by atoms with Crippen LogP contribution in [0.2, 0.25) is 5.02 Å². The van der Waals surface area contributed by atoms with Gasteiger partial charge in [-0.05, 0) is 41.2 Å². The molecule has 0 aliphatic carbocycles. The van der Waals surface area contributed by atoms with Crippen molar-refractivity contribution in [3.05, 3.63) is 70.0 Å². The van der Waals surface area contributed by atoms with Crippen LogP contribution in [0.5, 0.6) is 0 Å². The van der Waals surface area contributed by atoms with Crippen LogP contribution in [0.3, 0.4) is 0 Å². The number of hydrogen-bond acceptors (Lipinski definition) is 1. The molecule has 2 aromatic rings. The van der Waals surface area contributed by atoms with Crippen molar-refractivity contribution in [2.75, 3.05) is 0 Å². The standard InChI is InChI=1S/C17H19ClFN/c1-11(2)13-4-6-14(7-5-13)17(20)10-12-3-8-16(19)15(18)9-12/h3-9,11,17H,10,20H2,1-2H3. The van der Waals surface area contributed by atoms with Crippen molar-refractivity contribution in [2.45, 2.75) is 32.2 Å². The van der Waals surface area contributed by atoms with Crippen molar-refractivity contribution < 1.29 is 4.39 Å². The Labute approximate surface area is 124 Å². The molecule has 1 atom stereocenters. The number of benzene rings is 2. The molecule has 0 amide bonds.